The first-order valence-corrected chi connectivity index (χ1v) is 6.99. The molecular weight excluding hydrogens is 276 g/mol. The van der Waals surface area contributed by atoms with Crippen molar-refractivity contribution in [3.05, 3.63) is 28.8 Å². The van der Waals surface area contributed by atoms with Crippen LogP contribution < -0.4 is 10.6 Å². The highest BCUT2D eigenvalue weighted by molar-refractivity contribution is 6.33. The zero-order chi connectivity index (χ0) is 14.8. The molecule has 108 valence electrons. The zero-order valence-corrected chi connectivity index (χ0v) is 12.3. The Hall–Kier alpha value is -1.70. The molecule has 3 N–H and O–H groups in total. The molecule has 0 fully saturated rings. The molecule has 1 rings (SSSR count). The third kappa shape index (κ3) is 5.96. The summed E-state index contributed by atoms with van der Waals surface area (Å²) in [5, 5.41) is 14.6. The van der Waals surface area contributed by atoms with Gasteiger partial charge in [0.05, 0.1) is 17.3 Å². The third-order valence-electron chi connectivity index (χ3n) is 2.50. The lowest BCUT2D eigenvalue weighted by atomic mass is 10.2. The Morgan fingerprint density at radius 1 is 1.45 bits per heavy atom. The van der Waals surface area contributed by atoms with E-state index in [4.69, 9.17) is 16.7 Å². The molecule has 5 heteroatoms. The number of halogens is 1. The lowest BCUT2D eigenvalue weighted by Gasteiger charge is -2.09. The molecule has 0 unspecified atom stereocenters. The van der Waals surface area contributed by atoms with Gasteiger partial charge in [-0.15, -0.1) is 0 Å². The molecule has 0 aliphatic carbocycles. The standard InChI is InChI=1S/C15H19ClN2O2/c1-2-3-9-17-15(20)18-14-11-12(6-4-5-10-19)7-8-13(14)16/h7-8,11,19H,2-3,5,9-10H2,1H3,(H2,17,18,20). The number of amides is 2. The van der Waals surface area contributed by atoms with Crippen molar-refractivity contribution in [3.63, 3.8) is 0 Å². The van der Waals surface area contributed by atoms with Crippen molar-refractivity contribution in [1.82, 2.24) is 5.32 Å². The molecule has 0 aliphatic heterocycles. The summed E-state index contributed by atoms with van der Waals surface area (Å²) in [5.74, 6) is 5.72. The number of carbonyl (C=O) groups excluding carboxylic acids is 1. The van der Waals surface area contributed by atoms with E-state index in [0.29, 0.717) is 23.7 Å². The molecule has 0 saturated carbocycles. The van der Waals surface area contributed by atoms with Crippen LogP contribution in [-0.4, -0.2) is 24.3 Å². The van der Waals surface area contributed by atoms with E-state index in [-0.39, 0.29) is 12.6 Å². The number of anilines is 1. The Bertz CT molecular complexity index is 506. The van der Waals surface area contributed by atoms with Crippen LogP contribution in [0.15, 0.2) is 18.2 Å². The van der Waals surface area contributed by atoms with E-state index in [1.54, 1.807) is 18.2 Å². The molecule has 1 aromatic carbocycles. The summed E-state index contributed by atoms with van der Waals surface area (Å²) in [5.41, 5.74) is 1.27. The number of nitrogens with one attached hydrogen (secondary N) is 2. The van der Waals surface area contributed by atoms with Gasteiger partial charge in [-0.1, -0.05) is 36.8 Å². The summed E-state index contributed by atoms with van der Waals surface area (Å²) in [7, 11) is 0. The predicted molar refractivity (Wildman–Crippen MR) is 82.0 cm³/mol. The average Bonchev–Trinajstić information content (AvgIpc) is 2.43. The van der Waals surface area contributed by atoms with Crippen molar-refractivity contribution < 1.29 is 9.90 Å². The first-order valence-electron chi connectivity index (χ1n) is 6.61. The van der Waals surface area contributed by atoms with Crippen molar-refractivity contribution >= 4 is 23.3 Å². The van der Waals surface area contributed by atoms with Crippen LogP contribution in [0.5, 0.6) is 0 Å². The topological polar surface area (TPSA) is 61.4 Å². The van der Waals surface area contributed by atoms with E-state index in [9.17, 15) is 4.79 Å². The SMILES string of the molecule is CCCCNC(=O)Nc1cc(C#CCCO)ccc1Cl. The predicted octanol–water partition coefficient (Wildman–Crippen LogP) is 3.00. The van der Waals surface area contributed by atoms with Gasteiger partial charge >= 0.3 is 6.03 Å². The molecule has 0 aliphatic rings. The summed E-state index contributed by atoms with van der Waals surface area (Å²) in [6.07, 6.45) is 2.38. The van der Waals surface area contributed by atoms with E-state index < -0.39 is 0 Å². The summed E-state index contributed by atoms with van der Waals surface area (Å²) in [6.45, 7) is 2.73. The first kappa shape index (κ1) is 16.4. The fourth-order valence-electron chi connectivity index (χ4n) is 1.46. The summed E-state index contributed by atoms with van der Waals surface area (Å²) < 4.78 is 0. The van der Waals surface area contributed by atoms with Crippen LogP contribution in [0.3, 0.4) is 0 Å². The minimum Gasteiger partial charge on any atom is -0.395 e. The first-order chi connectivity index (χ1) is 9.67. The van der Waals surface area contributed by atoms with Gasteiger partial charge in [-0.3, -0.25) is 0 Å². The van der Waals surface area contributed by atoms with Crippen molar-refractivity contribution in [3.8, 4) is 11.8 Å². The number of carbonyl (C=O) groups is 1. The number of hydrogen-bond donors (Lipinski definition) is 3. The fraction of sp³-hybridized carbons (Fsp3) is 0.400. The highest BCUT2D eigenvalue weighted by atomic mass is 35.5. The van der Waals surface area contributed by atoms with Gasteiger partial charge in [0.25, 0.3) is 0 Å². The van der Waals surface area contributed by atoms with Gasteiger partial charge in [0.15, 0.2) is 0 Å². The van der Waals surface area contributed by atoms with Gasteiger partial charge in [0.2, 0.25) is 0 Å². The number of benzene rings is 1. The second-order valence-electron chi connectivity index (χ2n) is 4.20. The quantitative estimate of drug-likeness (QED) is 0.577. The molecule has 0 radical (unpaired) electrons. The molecule has 0 spiro atoms. The Morgan fingerprint density at radius 3 is 2.95 bits per heavy atom. The highest BCUT2D eigenvalue weighted by Gasteiger charge is 2.05. The number of hydrogen-bond acceptors (Lipinski definition) is 2. The van der Waals surface area contributed by atoms with Crippen LogP contribution in [0.25, 0.3) is 0 Å². The normalized spacial score (nSPS) is 9.55. The second-order valence-corrected chi connectivity index (χ2v) is 4.61. The lowest BCUT2D eigenvalue weighted by molar-refractivity contribution is 0.252. The zero-order valence-electron chi connectivity index (χ0n) is 11.5. The van der Waals surface area contributed by atoms with Gasteiger partial charge in [-0.05, 0) is 24.6 Å². The van der Waals surface area contributed by atoms with E-state index >= 15 is 0 Å². The molecule has 0 bridgehead atoms. The maximum Gasteiger partial charge on any atom is 0.319 e. The van der Waals surface area contributed by atoms with Crippen molar-refractivity contribution in [2.75, 3.05) is 18.5 Å². The molecule has 4 nitrogen and oxygen atoms in total. The number of aliphatic hydroxyl groups is 1. The monoisotopic (exact) mass is 294 g/mol. The molecule has 20 heavy (non-hydrogen) atoms. The molecular formula is C15H19ClN2O2. The van der Waals surface area contributed by atoms with Crippen molar-refractivity contribution in [1.29, 1.82) is 0 Å². The van der Waals surface area contributed by atoms with Crippen molar-refractivity contribution in [2.24, 2.45) is 0 Å². The van der Waals surface area contributed by atoms with E-state index in [1.807, 2.05) is 0 Å². The number of aliphatic hydroxyl groups excluding tert-OH is 1. The van der Waals surface area contributed by atoms with Gasteiger partial charge < -0.3 is 15.7 Å². The van der Waals surface area contributed by atoms with Crippen LogP contribution in [-0.2, 0) is 0 Å². The maximum atomic E-state index is 11.7. The molecule has 2 amide bonds. The van der Waals surface area contributed by atoms with Gasteiger partial charge in [0, 0.05) is 18.5 Å². The minimum atomic E-state index is -0.277. The number of unbranched alkanes of at least 4 members (excludes halogenated alkanes) is 1. The number of rotatable bonds is 5. The number of urea groups is 1. The van der Waals surface area contributed by atoms with Crippen molar-refractivity contribution in [2.45, 2.75) is 26.2 Å². The van der Waals surface area contributed by atoms with Gasteiger partial charge in [-0.2, -0.15) is 0 Å². The van der Waals surface area contributed by atoms with E-state index in [2.05, 4.69) is 29.4 Å². The maximum absolute atomic E-state index is 11.7. The van der Waals surface area contributed by atoms with Gasteiger partial charge in [0.1, 0.15) is 0 Å². The van der Waals surface area contributed by atoms with Crippen LogP contribution in [0.1, 0.15) is 31.7 Å². The molecule has 0 atom stereocenters. The summed E-state index contributed by atoms with van der Waals surface area (Å²) >= 11 is 6.03. The van der Waals surface area contributed by atoms with Crippen LogP contribution in [0.4, 0.5) is 10.5 Å². The second kappa shape index (κ2) is 9.24. The molecule has 1 aromatic rings. The van der Waals surface area contributed by atoms with E-state index in [1.165, 1.54) is 0 Å². The third-order valence-corrected chi connectivity index (χ3v) is 2.83. The largest absolute Gasteiger partial charge is 0.395 e. The van der Waals surface area contributed by atoms with Crippen LogP contribution in [0.2, 0.25) is 5.02 Å². The van der Waals surface area contributed by atoms with Crippen LogP contribution >= 0.6 is 11.6 Å². The van der Waals surface area contributed by atoms with Gasteiger partial charge in [-0.25, -0.2) is 4.79 Å². The van der Waals surface area contributed by atoms with E-state index in [0.717, 1.165) is 18.4 Å². The summed E-state index contributed by atoms with van der Waals surface area (Å²) in [6, 6.07) is 4.89. The molecule has 0 aromatic heterocycles. The smallest absolute Gasteiger partial charge is 0.319 e. The summed E-state index contributed by atoms with van der Waals surface area (Å²) in [4.78, 5) is 11.7. The molecule has 0 heterocycles. The minimum absolute atomic E-state index is 0.0333. The highest BCUT2D eigenvalue weighted by Crippen LogP contribution is 2.22. The molecule has 0 saturated heterocycles. The Kier molecular flexibility index (Phi) is 7.56. The fourth-order valence-corrected chi connectivity index (χ4v) is 1.63. The Morgan fingerprint density at radius 2 is 2.25 bits per heavy atom. The lowest BCUT2D eigenvalue weighted by Crippen LogP contribution is -2.29. The average molecular weight is 295 g/mol. The van der Waals surface area contributed by atoms with Crippen LogP contribution in [0, 0.1) is 11.8 Å². The Balaban J connectivity index is 2.67. The Labute approximate surface area is 124 Å².